The van der Waals surface area contributed by atoms with Gasteiger partial charge in [-0.15, -0.1) is 5.10 Å². The Morgan fingerprint density at radius 1 is 1.19 bits per heavy atom. The molecule has 9 nitrogen and oxygen atoms in total. The molecule has 0 amide bonds. The molecule has 156 valence electrons. The zero-order chi connectivity index (χ0) is 22.0. The molecule has 0 atom stereocenters. The molecule has 2 heterocycles. The van der Waals surface area contributed by atoms with E-state index in [1.807, 2.05) is 12.1 Å². The standard InChI is InChI=1S/C20H14ClN5O4S/c21-15-2-1-3-16(7-15)25-10-14(9-22-25)12-4-13(6-17(5-12)26(29)30)18-8-19(24-23-18)31-11-20(27)28/h1-7,9-10H,8,11H2,(H,27,28). The van der Waals surface area contributed by atoms with E-state index in [4.69, 9.17) is 16.7 Å². The number of aliphatic carboxylic acids is 1. The summed E-state index contributed by atoms with van der Waals surface area (Å²) in [4.78, 5) is 21.8. The van der Waals surface area contributed by atoms with Gasteiger partial charge >= 0.3 is 5.97 Å². The molecule has 11 heteroatoms. The summed E-state index contributed by atoms with van der Waals surface area (Å²) in [6.45, 7) is 0. The van der Waals surface area contributed by atoms with Crippen molar-refractivity contribution in [1.82, 2.24) is 9.78 Å². The second-order valence-electron chi connectivity index (χ2n) is 6.58. The Balaban J connectivity index is 1.63. The first-order valence-corrected chi connectivity index (χ1v) is 10.3. The van der Waals surface area contributed by atoms with Gasteiger partial charge in [-0.2, -0.15) is 10.2 Å². The van der Waals surface area contributed by atoms with Crippen molar-refractivity contribution in [3.8, 4) is 16.8 Å². The molecular formula is C20H14ClN5O4S. The molecule has 4 rings (SSSR count). The lowest BCUT2D eigenvalue weighted by molar-refractivity contribution is -0.384. The maximum Gasteiger partial charge on any atom is 0.313 e. The summed E-state index contributed by atoms with van der Waals surface area (Å²) in [5.74, 6) is -1.07. The van der Waals surface area contributed by atoms with Crippen LogP contribution in [-0.2, 0) is 4.79 Å². The lowest BCUT2D eigenvalue weighted by Gasteiger charge is -2.05. The van der Waals surface area contributed by atoms with Crippen LogP contribution in [0.1, 0.15) is 12.0 Å². The second kappa shape index (κ2) is 8.70. The monoisotopic (exact) mass is 455 g/mol. The number of nitro groups is 1. The molecule has 0 spiro atoms. The van der Waals surface area contributed by atoms with Gasteiger partial charge < -0.3 is 5.11 Å². The van der Waals surface area contributed by atoms with E-state index < -0.39 is 10.9 Å². The maximum atomic E-state index is 11.5. The molecule has 0 radical (unpaired) electrons. The molecule has 0 saturated carbocycles. The van der Waals surface area contributed by atoms with E-state index in [9.17, 15) is 14.9 Å². The number of aromatic nitrogens is 2. The molecule has 3 aromatic rings. The number of benzene rings is 2. The first-order chi connectivity index (χ1) is 14.9. The Labute approximate surface area is 185 Å². The van der Waals surface area contributed by atoms with Gasteiger partial charge in [0.2, 0.25) is 0 Å². The highest BCUT2D eigenvalue weighted by molar-refractivity contribution is 8.14. The third kappa shape index (κ3) is 4.81. The van der Waals surface area contributed by atoms with Crippen LogP contribution in [0, 0.1) is 10.1 Å². The first-order valence-electron chi connectivity index (χ1n) is 8.98. The van der Waals surface area contributed by atoms with Crippen LogP contribution in [0.4, 0.5) is 5.69 Å². The zero-order valence-electron chi connectivity index (χ0n) is 15.8. The average molecular weight is 456 g/mol. The third-order valence-electron chi connectivity index (χ3n) is 4.41. The predicted molar refractivity (Wildman–Crippen MR) is 119 cm³/mol. The number of carbonyl (C=O) groups is 1. The van der Waals surface area contributed by atoms with Crippen molar-refractivity contribution < 1.29 is 14.8 Å². The van der Waals surface area contributed by atoms with Crippen LogP contribution in [0.15, 0.2) is 65.1 Å². The van der Waals surface area contributed by atoms with E-state index in [1.165, 1.54) is 12.1 Å². The first kappa shape index (κ1) is 20.8. The van der Waals surface area contributed by atoms with Crippen molar-refractivity contribution in [3.63, 3.8) is 0 Å². The van der Waals surface area contributed by atoms with Gasteiger partial charge in [0.05, 0.1) is 28.3 Å². The Morgan fingerprint density at radius 2 is 2.00 bits per heavy atom. The van der Waals surface area contributed by atoms with Gasteiger partial charge in [0, 0.05) is 40.9 Å². The number of thioether (sulfide) groups is 1. The van der Waals surface area contributed by atoms with Crippen molar-refractivity contribution in [3.05, 3.63) is 75.6 Å². The Kier molecular flexibility index (Phi) is 5.83. The number of hydrogen-bond acceptors (Lipinski definition) is 7. The van der Waals surface area contributed by atoms with E-state index in [0.717, 1.165) is 17.4 Å². The molecule has 0 bridgehead atoms. The summed E-state index contributed by atoms with van der Waals surface area (Å²) in [6.07, 6.45) is 3.70. The van der Waals surface area contributed by atoms with Gasteiger partial charge in [-0.3, -0.25) is 14.9 Å². The van der Waals surface area contributed by atoms with E-state index in [1.54, 1.807) is 35.3 Å². The van der Waals surface area contributed by atoms with E-state index >= 15 is 0 Å². The quantitative estimate of drug-likeness (QED) is 0.433. The molecule has 2 aromatic carbocycles. The van der Waals surface area contributed by atoms with Crippen LogP contribution in [0.5, 0.6) is 0 Å². The van der Waals surface area contributed by atoms with E-state index in [-0.39, 0.29) is 11.4 Å². The minimum Gasteiger partial charge on any atom is -0.481 e. The molecule has 1 aliphatic rings. The molecule has 0 saturated heterocycles. The van der Waals surface area contributed by atoms with Gasteiger partial charge in [0.1, 0.15) is 5.04 Å². The van der Waals surface area contributed by atoms with Gasteiger partial charge in [-0.25, -0.2) is 4.68 Å². The molecule has 1 aromatic heterocycles. The van der Waals surface area contributed by atoms with Crippen molar-refractivity contribution >= 4 is 45.8 Å². The summed E-state index contributed by atoms with van der Waals surface area (Å²) in [5, 5.41) is 33.9. The maximum absolute atomic E-state index is 11.5. The van der Waals surface area contributed by atoms with Crippen molar-refractivity contribution in [2.75, 3.05) is 5.75 Å². The van der Waals surface area contributed by atoms with Crippen molar-refractivity contribution in [2.45, 2.75) is 6.42 Å². The highest BCUT2D eigenvalue weighted by Crippen LogP contribution is 2.29. The minimum absolute atomic E-state index is 0.0858. The average Bonchev–Trinajstić information content (AvgIpc) is 3.42. The lowest BCUT2D eigenvalue weighted by Crippen LogP contribution is -2.06. The van der Waals surface area contributed by atoms with Crippen LogP contribution < -0.4 is 0 Å². The van der Waals surface area contributed by atoms with Gasteiger partial charge in [0.15, 0.2) is 0 Å². The normalized spacial score (nSPS) is 13.1. The molecule has 1 aliphatic heterocycles. The molecule has 0 unspecified atom stereocenters. The summed E-state index contributed by atoms with van der Waals surface area (Å²) in [5.41, 5.74) is 3.06. The summed E-state index contributed by atoms with van der Waals surface area (Å²) in [6, 6.07) is 11.9. The fourth-order valence-corrected chi connectivity index (χ4v) is 3.81. The highest BCUT2D eigenvalue weighted by Gasteiger charge is 2.20. The Hall–Kier alpha value is -3.50. The number of rotatable bonds is 6. The molecule has 0 aliphatic carbocycles. The predicted octanol–water partition coefficient (Wildman–Crippen LogP) is 4.43. The number of hydrogen-bond donors (Lipinski definition) is 1. The number of nitrogens with zero attached hydrogens (tertiary/aromatic N) is 5. The number of nitro benzene ring substituents is 1. The van der Waals surface area contributed by atoms with Gasteiger partial charge in [0.25, 0.3) is 5.69 Å². The number of carboxylic acids is 1. The largest absolute Gasteiger partial charge is 0.481 e. The van der Waals surface area contributed by atoms with Crippen molar-refractivity contribution in [1.29, 1.82) is 0 Å². The number of carboxylic acid groups (broad SMARTS) is 1. The molecule has 31 heavy (non-hydrogen) atoms. The fraction of sp³-hybridized carbons (Fsp3) is 0.100. The summed E-state index contributed by atoms with van der Waals surface area (Å²) >= 11 is 7.13. The van der Waals surface area contributed by atoms with Crippen LogP contribution in [0.3, 0.4) is 0 Å². The van der Waals surface area contributed by atoms with E-state index in [0.29, 0.717) is 38.9 Å². The Bertz CT molecular complexity index is 1250. The summed E-state index contributed by atoms with van der Waals surface area (Å²) in [7, 11) is 0. The number of non-ortho nitro benzene ring substituents is 1. The highest BCUT2D eigenvalue weighted by atomic mass is 35.5. The second-order valence-corrected chi connectivity index (χ2v) is 8.06. The van der Waals surface area contributed by atoms with Gasteiger partial charge in [-0.05, 0) is 29.8 Å². The molecular weight excluding hydrogens is 442 g/mol. The van der Waals surface area contributed by atoms with Gasteiger partial charge in [-0.1, -0.05) is 29.4 Å². The topological polar surface area (TPSA) is 123 Å². The minimum atomic E-state index is -0.949. The molecule has 1 N–H and O–H groups in total. The number of halogens is 1. The van der Waals surface area contributed by atoms with E-state index in [2.05, 4.69) is 15.3 Å². The van der Waals surface area contributed by atoms with Crippen LogP contribution in [0.2, 0.25) is 5.02 Å². The smallest absolute Gasteiger partial charge is 0.313 e. The molecule has 0 fully saturated rings. The van der Waals surface area contributed by atoms with Crippen LogP contribution >= 0.6 is 23.4 Å². The summed E-state index contributed by atoms with van der Waals surface area (Å²) < 4.78 is 1.64. The SMILES string of the molecule is O=C(O)CSC1=NN=C(c2cc(-c3cnn(-c4cccc(Cl)c4)c3)cc([N+](=O)[O-])c2)C1. The van der Waals surface area contributed by atoms with Crippen molar-refractivity contribution in [2.24, 2.45) is 10.2 Å². The third-order valence-corrected chi connectivity index (χ3v) is 5.60. The zero-order valence-corrected chi connectivity index (χ0v) is 17.4. The van der Waals surface area contributed by atoms with Crippen LogP contribution in [0.25, 0.3) is 16.8 Å². The van der Waals surface area contributed by atoms with Crippen LogP contribution in [-0.4, -0.2) is 42.3 Å². The Morgan fingerprint density at radius 3 is 2.74 bits per heavy atom. The fourth-order valence-electron chi connectivity index (χ4n) is 3.00. The lowest BCUT2D eigenvalue weighted by atomic mass is 10.0.